The maximum absolute atomic E-state index is 14.5. The van der Waals surface area contributed by atoms with Gasteiger partial charge in [0, 0.05) is 17.3 Å². The Morgan fingerprint density at radius 1 is 1.03 bits per heavy atom. The maximum Gasteiger partial charge on any atom is 0.201 e. The summed E-state index contributed by atoms with van der Waals surface area (Å²) in [7, 11) is 0. The molecule has 166 valence electrons. The Labute approximate surface area is 187 Å². The molecule has 0 aliphatic carbocycles. The van der Waals surface area contributed by atoms with E-state index in [1.807, 2.05) is 30.3 Å². The van der Waals surface area contributed by atoms with Crippen LogP contribution in [0.3, 0.4) is 0 Å². The van der Waals surface area contributed by atoms with Crippen LogP contribution in [0.2, 0.25) is 0 Å². The van der Waals surface area contributed by atoms with Crippen molar-refractivity contribution >= 4 is 6.08 Å². The normalized spacial score (nSPS) is 12.1. The van der Waals surface area contributed by atoms with E-state index in [1.165, 1.54) is 18.2 Å². The van der Waals surface area contributed by atoms with E-state index in [2.05, 4.69) is 23.7 Å². The van der Waals surface area contributed by atoms with E-state index in [1.54, 1.807) is 19.2 Å². The average molecular weight is 436 g/mol. The quantitative estimate of drug-likeness (QED) is 0.281. The minimum absolute atomic E-state index is 0.0797. The fourth-order valence-electron chi connectivity index (χ4n) is 3.25. The van der Waals surface area contributed by atoms with Gasteiger partial charge < -0.3 is 9.84 Å². The predicted molar refractivity (Wildman–Crippen MR) is 125 cm³/mol. The number of aliphatic hydroxyl groups excluding tert-OH is 1. The van der Waals surface area contributed by atoms with Crippen LogP contribution in [0.5, 0.6) is 5.75 Å². The van der Waals surface area contributed by atoms with E-state index < -0.39 is 11.6 Å². The van der Waals surface area contributed by atoms with Gasteiger partial charge in [0.05, 0.1) is 11.8 Å². The molecule has 1 N–H and O–H groups in total. The lowest BCUT2D eigenvalue weighted by Gasteiger charge is -2.09. The van der Waals surface area contributed by atoms with Crippen molar-refractivity contribution in [3.8, 4) is 28.1 Å². The fraction of sp³-hybridized carbons (Fsp3) is 0.222. The molecule has 3 nitrogen and oxygen atoms in total. The van der Waals surface area contributed by atoms with Gasteiger partial charge in [0.1, 0.15) is 6.61 Å². The highest BCUT2D eigenvalue weighted by Gasteiger charge is 2.16. The molecule has 0 fully saturated rings. The van der Waals surface area contributed by atoms with Crippen molar-refractivity contribution in [2.75, 3.05) is 6.61 Å². The van der Waals surface area contributed by atoms with Crippen molar-refractivity contribution in [2.45, 2.75) is 32.3 Å². The molecule has 0 saturated heterocycles. The lowest BCUT2D eigenvalue weighted by Crippen LogP contribution is -1.99. The number of hydrogen-bond donors (Lipinski definition) is 1. The Hall–Kier alpha value is -3.31. The molecule has 0 saturated carbocycles. The van der Waals surface area contributed by atoms with Crippen molar-refractivity contribution < 1.29 is 18.6 Å². The van der Waals surface area contributed by atoms with Crippen LogP contribution < -0.4 is 4.74 Å². The lowest BCUT2D eigenvalue weighted by atomic mass is 10.0. The SMILES string of the molecule is C=CCOc1ccc(-c2ccc(-c3ccc(C=CCCCC(C)O)cc3)cn2)c(F)c1F. The monoisotopic (exact) mass is 435 g/mol. The zero-order valence-corrected chi connectivity index (χ0v) is 18.1. The van der Waals surface area contributed by atoms with Crippen molar-refractivity contribution in [1.29, 1.82) is 0 Å². The average Bonchev–Trinajstić information content (AvgIpc) is 2.80. The van der Waals surface area contributed by atoms with Gasteiger partial charge in [-0.3, -0.25) is 4.98 Å². The first-order valence-corrected chi connectivity index (χ1v) is 10.6. The summed E-state index contributed by atoms with van der Waals surface area (Å²) in [6, 6.07) is 14.4. The fourth-order valence-corrected chi connectivity index (χ4v) is 3.25. The largest absolute Gasteiger partial charge is 0.486 e. The maximum atomic E-state index is 14.5. The molecule has 3 rings (SSSR count). The van der Waals surface area contributed by atoms with E-state index in [0.29, 0.717) is 5.69 Å². The van der Waals surface area contributed by atoms with Crippen LogP contribution in [0.1, 0.15) is 31.7 Å². The van der Waals surface area contributed by atoms with E-state index in [0.717, 1.165) is 36.0 Å². The smallest absolute Gasteiger partial charge is 0.201 e. The Bertz CT molecular complexity index is 1060. The molecule has 0 bridgehead atoms. The number of allylic oxidation sites excluding steroid dienone is 1. The second-order valence-corrected chi connectivity index (χ2v) is 7.58. The van der Waals surface area contributed by atoms with Gasteiger partial charge in [-0.2, -0.15) is 4.39 Å². The molecule has 0 aliphatic heterocycles. The molecule has 0 spiro atoms. The Kier molecular flexibility index (Phi) is 8.28. The number of hydrogen-bond acceptors (Lipinski definition) is 3. The highest BCUT2D eigenvalue weighted by Crippen LogP contribution is 2.30. The van der Waals surface area contributed by atoms with Crippen LogP contribution in [0.25, 0.3) is 28.5 Å². The Morgan fingerprint density at radius 2 is 1.78 bits per heavy atom. The van der Waals surface area contributed by atoms with Crippen LogP contribution in [-0.4, -0.2) is 22.8 Å². The van der Waals surface area contributed by atoms with E-state index in [9.17, 15) is 13.9 Å². The first-order valence-electron chi connectivity index (χ1n) is 10.6. The van der Waals surface area contributed by atoms with Gasteiger partial charge in [0.25, 0.3) is 0 Å². The van der Waals surface area contributed by atoms with Gasteiger partial charge in [0.2, 0.25) is 5.82 Å². The molecular formula is C27H27F2NO2. The summed E-state index contributed by atoms with van der Waals surface area (Å²) in [6.07, 6.45) is 9.71. The molecule has 1 unspecified atom stereocenters. The van der Waals surface area contributed by atoms with Crippen molar-refractivity contribution in [3.63, 3.8) is 0 Å². The van der Waals surface area contributed by atoms with Crippen molar-refractivity contribution in [2.24, 2.45) is 0 Å². The zero-order valence-electron chi connectivity index (χ0n) is 18.1. The second-order valence-electron chi connectivity index (χ2n) is 7.58. The zero-order chi connectivity index (χ0) is 22.9. The van der Waals surface area contributed by atoms with E-state index in [-0.39, 0.29) is 24.0 Å². The molecule has 2 aromatic carbocycles. The molecule has 32 heavy (non-hydrogen) atoms. The molecule has 1 aromatic heterocycles. The number of rotatable bonds is 10. The van der Waals surface area contributed by atoms with Crippen LogP contribution in [0.4, 0.5) is 8.78 Å². The summed E-state index contributed by atoms with van der Waals surface area (Å²) in [5.74, 6) is -2.18. The standard InChI is InChI=1S/C27H27F2NO2/c1-3-17-32-25-16-14-23(26(28)27(25)29)24-15-13-22(18-30-24)21-11-9-20(10-12-21)8-6-4-5-7-19(2)31/h3,6,8-16,18-19,31H,1,4-5,7,17H2,2H3. The Balaban J connectivity index is 1.69. The summed E-state index contributed by atoms with van der Waals surface area (Å²) >= 11 is 0. The number of ether oxygens (including phenoxy) is 1. The highest BCUT2D eigenvalue weighted by atomic mass is 19.2. The number of halogens is 2. The summed E-state index contributed by atoms with van der Waals surface area (Å²) in [5, 5.41) is 9.28. The number of aliphatic hydroxyl groups is 1. The third-order valence-corrected chi connectivity index (χ3v) is 4.99. The minimum atomic E-state index is -1.04. The first kappa shape index (κ1) is 23.4. The molecule has 0 radical (unpaired) electrons. The molecule has 0 aliphatic rings. The Morgan fingerprint density at radius 3 is 2.44 bits per heavy atom. The van der Waals surface area contributed by atoms with Gasteiger partial charge in [-0.1, -0.05) is 55.1 Å². The van der Waals surface area contributed by atoms with E-state index in [4.69, 9.17) is 4.74 Å². The van der Waals surface area contributed by atoms with Gasteiger partial charge in [-0.15, -0.1) is 0 Å². The van der Waals surface area contributed by atoms with E-state index >= 15 is 0 Å². The van der Waals surface area contributed by atoms with Gasteiger partial charge in [-0.05, 0) is 55.5 Å². The van der Waals surface area contributed by atoms with Gasteiger partial charge in [0.15, 0.2) is 11.6 Å². The molecule has 1 atom stereocenters. The molecule has 1 heterocycles. The molecule has 5 heteroatoms. The van der Waals surface area contributed by atoms with Crippen LogP contribution in [0, 0.1) is 11.6 Å². The number of aromatic nitrogens is 1. The number of nitrogens with zero attached hydrogens (tertiary/aromatic N) is 1. The van der Waals surface area contributed by atoms with Gasteiger partial charge in [-0.25, -0.2) is 4.39 Å². The van der Waals surface area contributed by atoms with Crippen LogP contribution in [0.15, 0.2) is 73.5 Å². The lowest BCUT2D eigenvalue weighted by molar-refractivity contribution is 0.182. The van der Waals surface area contributed by atoms with Crippen LogP contribution >= 0.6 is 0 Å². The summed E-state index contributed by atoms with van der Waals surface area (Å²) in [6.45, 7) is 5.39. The topological polar surface area (TPSA) is 42.4 Å². The second kappa shape index (κ2) is 11.3. The van der Waals surface area contributed by atoms with Crippen LogP contribution in [-0.2, 0) is 0 Å². The molecule has 0 amide bonds. The number of pyridine rings is 1. The predicted octanol–water partition coefficient (Wildman–Crippen LogP) is 6.82. The third kappa shape index (κ3) is 6.11. The van der Waals surface area contributed by atoms with Crippen molar-refractivity contribution in [1.82, 2.24) is 4.98 Å². The summed E-state index contributed by atoms with van der Waals surface area (Å²) in [4.78, 5) is 4.33. The molecular weight excluding hydrogens is 408 g/mol. The summed E-state index contributed by atoms with van der Waals surface area (Å²) in [5.41, 5.74) is 3.38. The van der Waals surface area contributed by atoms with Gasteiger partial charge >= 0.3 is 0 Å². The minimum Gasteiger partial charge on any atom is -0.486 e. The molecule has 3 aromatic rings. The first-order chi connectivity index (χ1) is 15.5. The third-order valence-electron chi connectivity index (χ3n) is 4.99. The summed E-state index contributed by atoms with van der Waals surface area (Å²) < 4.78 is 33.9. The van der Waals surface area contributed by atoms with Crippen molar-refractivity contribution in [3.05, 3.63) is 90.7 Å². The number of benzene rings is 2. The highest BCUT2D eigenvalue weighted by molar-refractivity contribution is 5.68. The number of unbranched alkanes of at least 4 members (excludes halogenated alkanes) is 1.